The molecule has 26 heavy (non-hydrogen) atoms. The molecule has 1 saturated heterocycles. The molecule has 1 aliphatic heterocycles. The molecule has 1 saturated carbocycles. The number of carbonyl (C=O) groups excluding carboxylic acids is 1. The lowest BCUT2D eigenvalue weighted by Crippen LogP contribution is -2.41. The van der Waals surface area contributed by atoms with Gasteiger partial charge in [0.15, 0.2) is 11.5 Å². The predicted molar refractivity (Wildman–Crippen MR) is 85.0 cm³/mol. The van der Waals surface area contributed by atoms with E-state index in [0.717, 1.165) is 7.11 Å². The van der Waals surface area contributed by atoms with Crippen molar-refractivity contribution in [3.63, 3.8) is 0 Å². The Morgan fingerprint density at radius 1 is 1.00 bits per heavy atom. The number of benzene rings is 1. The fourth-order valence-electron chi connectivity index (χ4n) is 3.45. The Kier molecular flexibility index (Phi) is 4.29. The van der Waals surface area contributed by atoms with Crippen LogP contribution in [0.25, 0.3) is 0 Å². The van der Waals surface area contributed by atoms with Crippen LogP contribution in [0.1, 0.15) is 37.2 Å². The number of aliphatic hydroxyl groups is 3. The lowest BCUT2D eigenvalue weighted by Gasteiger charge is -2.28. The topological polar surface area (TPSA) is 169 Å². The van der Waals surface area contributed by atoms with Gasteiger partial charge >= 0.3 is 0 Å². The molecule has 2 aliphatic rings. The summed E-state index contributed by atoms with van der Waals surface area (Å²) < 4.78 is 10.5. The molecule has 0 bridgehead atoms. The van der Waals surface area contributed by atoms with E-state index in [0.29, 0.717) is 12.8 Å². The number of phenols is 3. The van der Waals surface area contributed by atoms with Crippen LogP contribution in [0, 0.1) is 0 Å². The zero-order valence-corrected chi connectivity index (χ0v) is 14.0. The first-order valence-corrected chi connectivity index (χ1v) is 8.11. The van der Waals surface area contributed by atoms with E-state index in [1.54, 1.807) is 0 Å². The van der Waals surface area contributed by atoms with Gasteiger partial charge in [0.25, 0.3) is 11.7 Å². The van der Waals surface area contributed by atoms with E-state index in [4.69, 9.17) is 9.47 Å². The van der Waals surface area contributed by atoms with Crippen LogP contribution in [-0.4, -0.2) is 61.8 Å². The quantitative estimate of drug-likeness (QED) is 0.206. The number of carbonyl (C=O) groups is 1. The molecule has 7 N–H and O–H groups in total. The number of ether oxygens (including phenoxy) is 2. The second kappa shape index (κ2) is 6.08. The number of phenolic OH excluding ortho intramolecular Hbond substituents is 3. The molecule has 3 rings (SSSR count). The van der Waals surface area contributed by atoms with E-state index >= 15 is 0 Å². The molecule has 0 radical (unpaired) electrons. The fourth-order valence-corrected chi connectivity index (χ4v) is 3.45. The van der Waals surface area contributed by atoms with Gasteiger partial charge in [0, 0.05) is 19.4 Å². The van der Waals surface area contributed by atoms with E-state index < -0.39 is 57.7 Å². The zero-order valence-electron chi connectivity index (χ0n) is 14.0. The molecule has 1 aromatic rings. The second-order valence-corrected chi connectivity index (χ2v) is 6.57. The Balaban J connectivity index is 2.15. The SMILES string of the molecule is COc1c(O)c(O)c(C2CNC(=O)C2(O)O)c(O)c1OC1(O)CCCC1. The van der Waals surface area contributed by atoms with Crippen molar-refractivity contribution in [2.75, 3.05) is 13.7 Å². The van der Waals surface area contributed by atoms with Crippen molar-refractivity contribution >= 4 is 5.91 Å². The van der Waals surface area contributed by atoms with Gasteiger partial charge in [0.2, 0.25) is 23.0 Å². The van der Waals surface area contributed by atoms with Crippen molar-refractivity contribution in [3.8, 4) is 28.7 Å². The van der Waals surface area contributed by atoms with Gasteiger partial charge in [-0.2, -0.15) is 0 Å². The lowest BCUT2D eigenvalue weighted by atomic mass is 9.90. The minimum Gasteiger partial charge on any atom is -0.504 e. The molecule has 1 atom stereocenters. The number of nitrogens with one attached hydrogen (secondary N) is 1. The summed E-state index contributed by atoms with van der Waals surface area (Å²) in [7, 11) is 1.15. The van der Waals surface area contributed by atoms with Gasteiger partial charge in [-0.05, 0) is 12.8 Å². The Morgan fingerprint density at radius 3 is 2.12 bits per heavy atom. The summed E-state index contributed by atoms with van der Waals surface area (Å²) in [5.41, 5.74) is -0.511. The lowest BCUT2D eigenvalue weighted by molar-refractivity contribution is -0.182. The van der Waals surface area contributed by atoms with E-state index in [1.165, 1.54) is 0 Å². The first-order valence-electron chi connectivity index (χ1n) is 8.11. The van der Waals surface area contributed by atoms with Crippen molar-refractivity contribution < 1.29 is 44.9 Å². The standard InChI is InChI=1S/C16H21NO9/c1-25-12-11(20)9(18)8(7-6-17-14(21)16(7,23)24)10(19)13(12)26-15(22)4-2-3-5-15/h7,18-20,22-24H,2-6H2,1H3,(H,17,21). The predicted octanol–water partition coefficient (Wildman–Crippen LogP) is -0.652. The molecule has 2 fully saturated rings. The highest BCUT2D eigenvalue weighted by Crippen LogP contribution is 2.57. The number of hydrogen-bond acceptors (Lipinski definition) is 9. The first kappa shape index (κ1) is 18.4. The van der Waals surface area contributed by atoms with E-state index in [-0.39, 0.29) is 19.4 Å². The third-order valence-corrected chi connectivity index (χ3v) is 4.89. The molecule has 1 unspecified atom stereocenters. The van der Waals surface area contributed by atoms with Crippen LogP contribution in [0.3, 0.4) is 0 Å². The molecule has 10 heteroatoms. The highest BCUT2D eigenvalue weighted by Gasteiger charge is 2.52. The van der Waals surface area contributed by atoms with Crippen LogP contribution in [0.5, 0.6) is 28.7 Å². The Labute approximate surface area is 148 Å². The number of amides is 1. The maximum atomic E-state index is 11.6. The van der Waals surface area contributed by atoms with Crippen LogP contribution < -0.4 is 14.8 Å². The van der Waals surface area contributed by atoms with Crippen LogP contribution in [0.15, 0.2) is 0 Å². The molecule has 1 heterocycles. The van der Waals surface area contributed by atoms with Crippen molar-refractivity contribution in [1.29, 1.82) is 0 Å². The summed E-state index contributed by atoms with van der Waals surface area (Å²) in [4.78, 5) is 11.6. The normalized spacial score (nSPS) is 23.7. The number of aromatic hydroxyl groups is 3. The zero-order chi connectivity index (χ0) is 19.3. The van der Waals surface area contributed by atoms with Crippen molar-refractivity contribution in [1.82, 2.24) is 5.32 Å². The number of methoxy groups -OCH3 is 1. The first-order chi connectivity index (χ1) is 12.1. The Morgan fingerprint density at radius 2 is 1.62 bits per heavy atom. The molecule has 10 nitrogen and oxygen atoms in total. The molecule has 1 aromatic carbocycles. The third-order valence-electron chi connectivity index (χ3n) is 4.89. The summed E-state index contributed by atoms with van der Waals surface area (Å²) in [5.74, 6) is -10.5. The van der Waals surface area contributed by atoms with Crippen LogP contribution in [-0.2, 0) is 4.79 Å². The van der Waals surface area contributed by atoms with Gasteiger partial charge in [-0.3, -0.25) is 4.79 Å². The summed E-state index contributed by atoms with van der Waals surface area (Å²) >= 11 is 0. The Hall–Kier alpha value is -2.43. The minimum atomic E-state index is -2.92. The average Bonchev–Trinajstić information content (AvgIpc) is 3.11. The monoisotopic (exact) mass is 371 g/mol. The summed E-state index contributed by atoms with van der Waals surface area (Å²) in [6, 6.07) is 0. The number of rotatable bonds is 4. The largest absolute Gasteiger partial charge is 0.504 e. The average molecular weight is 371 g/mol. The van der Waals surface area contributed by atoms with Gasteiger partial charge < -0.3 is 45.4 Å². The molecule has 0 spiro atoms. The van der Waals surface area contributed by atoms with E-state index in [9.17, 15) is 35.4 Å². The molecular weight excluding hydrogens is 350 g/mol. The summed E-state index contributed by atoms with van der Waals surface area (Å²) in [6.07, 6.45) is 1.93. The summed E-state index contributed by atoms with van der Waals surface area (Å²) in [6.45, 7) is -0.317. The van der Waals surface area contributed by atoms with Gasteiger partial charge in [0.05, 0.1) is 18.6 Å². The minimum absolute atomic E-state index is 0.278. The van der Waals surface area contributed by atoms with Gasteiger partial charge in [-0.15, -0.1) is 0 Å². The Bertz CT molecular complexity index is 740. The summed E-state index contributed by atoms with van der Waals surface area (Å²) in [5, 5.41) is 63.7. The third kappa shape index (κ3) is 2.66. The fraction of sp³-hybridized carbons (Fsp3) is 0.562. The van der Waals surface area contributed by atoms with Crippen molar-refractivity contribution in [2.45, 2.75) is 43.2 Å². The molecule has 0 aromatic heterocycles. The molecule has 1 amide bonds. The number of hydrogen-bond donors (Lipinski definition) is 7. The van der Waals surface area contributed by atoms with Gasteiger partial charge in [-0.1, -0.05) is 0 Å². The maximum absolute atomic E-state index is 11.6. The van der Waals surface area contributed by atoms with Gasteiger partial charge in [0.1, 0.15) is 0 Å². The van der Waals surface area contributed by atoms with Gasteiger partial charge in [-0.25, -0.2) is 0 Å². The smallest absolute Gasteiger partial charge is 0.280 e. The van der Waals surface area contributed by atoms with Crippen LogP contribution in [0.4, 0.5) is 0 Å². The van der Waals surface area contributed by atoms with Crippen LogP contribution in [0.2, 0.25) is 0 Å². The molecular formula is C16H21NO9. The van der Waals surface area contributed by atoms with E-state index in [2.05, 4.69) is 5.32 Å². The van der Waals surface area contributed by atoms with Crippen LogP contribution >= 0.6 is 0 Å². The maximum Gasteiger partial charge on any atom is 0.280 e. The molecule has 1 aliphatic carbocycles. The van der Waals surface area contributed by atoms with E-state index in [1.807, 2.05) is 0 Å². The highest BCUT2D eigenvalue weighted by molar-refractivity contribution is 5.88. The second-order valence-electron chi connectivity index (χ2n) is 6.57. The highest BCUT2D eigenvalue weighted by atomic mass is 16.6. The van der Waals surface area contributed by atoms with Crippen molar-refractivity contribution in [3.05, 3.63) is 5.56 Å². The van der Waals surface area contributed by atoms with Crippen molar-refractivity contribution in [2.24, 2.45) is 0 Å². The molecule has 144 valence electrons.